The van der Waals surface area contributed by atoms with Gasteiger partial charge in [0.2, 0.25) is 17.3 Å². The lowest BCUT2D eigenvalue weighted by Crippen LogP contribution is -2.40. The van der Waals surface area contributed by atoms with Gasteiger partial charge in [0.1, 0.15) is 23.9 Å². The molecule has 1 aromatic carbocycles. The summed E-state index contributed by atoms with van der Waals surface area (Å²) in [6.45, 7) is -3.35. The second-order valence-corrected chi connectivity index (χ2v) is 10.4. The van der Waals surface area contributed by atoms with Gasteiger partial charge in [-0.05, 0) is 23.8 Å². The second-order valence-electron chi connectivity index (χ2n) is 10.4. The smallest absolute Gasteiger partial charge is 0.234 e. The summed E-state index contributed by atoms with van der Waals surface area (Å²) in [4.78, 5) is 40.7. The summed E-state index contributed by atoms with van der Waals surface area (Å²) in [6.07, 6.45) is -1.38. The van der Waals surface area contributed by atoms with Gasteiger partial charge in [-0.3, -0.25) is 14.4 Å². The van der Waals surface area contributed by atoms with Crippen LogP contribution in [0.3, 0.4) is 0 Å². The van der Waals surface area contributed by atoms with E-state index in [2.05, 4.69) is 0 Å². The molecule has 240 valence electrons. The highest BCUT2D eigenvalue weighted by Crippen LogP contribution is 2.38. The molecule has 9 N–H and O–H groups in total. The van der Waals surface area contributed by atoms with Gasteiger partial charge >= 0.3 is 0 Å². The van der Waals surface area contributed by atoms with Crippen LogP contribution in [0, 0.1) is 0 Å². The topological polar surface area (TPSA) is 263 Å². The number of rotatable bonds is 14. The third-order valence-corrected chi connectivity index (χ3v) is 7.08. The van der Waals surface area contributed by atoms with Crippen molar-refractivity contribution in [3.8, 4) is 5.75 Å². The molecule has 0 bridgehead atoms. The van der Waals surface area contributed by atoms with E-state index in [1.807, 2.05) is 0 Å². The number of hydrogen-bond donors (Lipinski definition) is 9. The molecule has 1 saturated carbocycles. The molecule has 1 fully saturated rings. The largest absolute Gasteiger partial charge is 0.872 e. The van der Waals surface area contributed by atoms with Gasteiger partial charge in [-0.25, -0.2) is 4.58 Å². The quantitative estimate of drug-likeness (QED) is 0.0312. The van der Waals surface area contributed by atoms with Crippen molar-refractivity contribution >= 4 is 28.7 Å². The molecular formula is C29H36N2O13. The van der Waals surface area contributed by atoms with Crippen LogP contribution in [0.1, 0.15) is 11.5 Å². The summed E-state index contributed by atoms with van der Waals surface area (Å²) in [5, 5.41) is 100. The molecular weight excluding hydrogens is 584 g/mol. The van der Waals surface area contributed by atoms with Gasteiger partial charge in [0, 0.05) is 30.4 Å². The van der Waals surface area contributed by atoms with E-state index in [0.29, 0.717) is 0 Å². The Labute approximate surface area is 251 Å². The van der Waals surface area contributed by atoms with Gasteiger partial charge in [0.25, 0.3) is 0 Å². The van der Waals surface area contributed by atoms with Crippen molar-refractivity contribution in [2.75, 3.05) is 57.5 Å². The molecule has 3 rings (SSSR count). The van der Waals surface area contributed by atoms with Crippen LogP contribution in [0.15, 0.2) is 53.3 Å². The lowest BCUT2D eigenvalue weighted by molar-refractivity contribution is -0.544. The van der Waals surface area contributed by atoms with Crippen LogP contribution in [0.4, 0.5) is 5.69 Å². The summed E-state index contributed by atoms with van der Waals surface area (Å²) in [5.74, 6) is -6.67. The minimum Gasteiger partial charge on any atom is -0.872 e. The summed E-state index contributed by atoms with van der Waals surface area (Å²) < 4.78 is 1.34. The molecule has 5 unspecified atom stereocenters. The summed E-state index contributed by atoms with van der Waals surface area (Å²) in [5.41, 5.74) is -0.939. The van der Waals surface area contributed by atoms with Crippen LogP contribution in [0.25, 0.3) is 0 Å². The normalized spacial score (nSPS) is 21.4. The molecule has 0 amide bonds. The van der Waals surface area contributed by atoms with Crippen molar-refractivity contribution in [3.63, 3.8) is 0 Å². The molecule has 2 aliphatic carbocycles. The van der Waals surface area contributed by atoms with E-state index in [4.69, 9.17) is 0 Å². The Morgan fingerprint density at radius 1 is 0.795 bits per heavy atom. The van der Waals surface area contributed by atoms with Crippen molar-refractivity contribution in [1.82, 2.24) is 0 Å². The fourth-order valence-corrected chi connectivity index (χ4v) is 4.87. The average Bonchev–Trinajstić information content (AvgIpc) is 3.22. The molecule has 15 heteroatoms. The Morgan fingerprint density at radius 2 is 1.34 bits per heavy atom. The van der Waals surface area contributed by atoms with Crippen molar-refractivity contribution in [1.29, 1.82) is 0 Å². The number of anilines is 1. The number of ketones is 3. The van der Waals surface area contributed by atoms with Crippen LogP contribution in [-0.4, -0.2) is 151 Å². The van der Waals surface area contributed by atoms with E-state index in [0.717, 1.165) is 18.2 Å². The number of aliphatic hydroxyl groups is 9. The Hall–Kier alpha value is -3.80. The van der Waals surface area contributed by atoms with Crippen LogP contribution >= 0.6 is 0 Å². The number of nitrogens with zero attached hydrogens (tertiary/aromatic N) is 2. The molecule has 0 spiro atoms. The molecule has 0 aromatic heterocycles. The summed E-state index contributed by atoms with van der Waals surface area (Å²) >= 11 is 0. The fourth-order valence-electron chi connectivity index (χ4n) is 4.87. The minimum atomic E-state index is -1.80. The third-order valence-electron chi connectivity index (χ3n) is 7.08. The fraction of sp³-hybridized carbons (Fsp3) is 0.448. The van der Waals surface area contributed by atoms with E-state index in [-0.39, 0.29) is 48.7 Å². The van der Waals surface area contributed by atoms with E-state index >= 15 is 0 Å². The number of hydrogen-bond acceptors (Lipinski definition) is 14. The molecule has 0 saturated heterocycles. The van der Waals surface area contributed by atoms with Gasteiger partial charge in [-0.2, -0.15) is 0 Å². The average molecular weight is 621 g/mol. The summed E-state index contributed by atoms with van der Waals surface area (Å²) in [7, 11) is 0. The zero-order chi connectivity index (χ0) is 32.7. The molecule has 0 radical (unpaired) electrons. The number of carbonyl (C=O) groups excluding carboxylic acids is 3. The molecule has 0 heterocycles. The molecule has 15 nitrogen and oxygen atoms in total. The second kappa shape index (κ2) is 15.3. The molecule has 0 aliphatic heterocycles. The summed E-state index contributed by atoms with van der Waals surface area (Å²) in [6, 6.07) is 3.49. The highest BCUT2D eigenvalue weighted by Gasteiger charge is 2.47. The zero-order valence-electron chi connectivity index (χ0n) is 23.6. The van der Waals surface area contributed by atoms with Gasteiger partial charge in [0.15, 0.2) is 18.9 Å². The first kappa shape index (κ1) is 34.7. The number of benzene rings is 1. The zero-order valence-corrected chi connectivity index (χ0v) is 23.6. The van der Waals surface area contributed by atoms with Crippen molar-refractivity contribution < 1.29 is 70.0 Å². The maximum Gasteiger partial charge on any atom is 0.234 e. The first-order valence-corrected chi connectivity index (χ1v) is 13.7. The van der Waals surface area contributed by atoms with Crippen LogP contribution in [-0.2, 0) is 14.4 Å². The van der Waals surface area contributed by atoms with E-state index in [9.17, 15) is 65.4 Å². The molecule has 2 aliphatic rings. The van der Waals surface area contributed by atoms with E-state index in [1.54, 1.807) is 0 Å². The Bertz CT molecular complexity index is 1360. The highest BCUT2D eigenvalue weighted by molar-refractivity contribution is 6.61. The van der Waals surface area contributed by atoms with Crippen molar-refractivity contribution in [2.24, 2.45) is 0 Å². The maximum absolute atomic E-state index is 13.4. The molecule has 5 atom stereocenters. The van der Waals surface area contributed by atoms with E-state index < -0.39 is 91.2 Å². The number of Topliss-reactive ketones (excluding diaryl/α,β-unsaturated/α-hetero) is 3. The standard InChI is InChI=1S/C29H36N2O13/c32-11-17(36)7-30(8-18(37)12-33)15-1-3-21(23(40)5-15)25-27(42)26(29(44)28(25)43)22-4-2-16(6-24(22)41)31(9-19(38)13-34)10-20(39)14-35/h1-6,17-20,25,32-40H,7-14H2/b26-22-. The van der Waals surface area contributed by atoms with Crippen LogP contribution in [0.2, 0.25) is 0 Å². The van der Waals surface area contributed by atoms with E-state index in [1.165, 1.54) is 27.7 Å². The first-order chi connectivity index (χ1) is 20.9. The number of aliphatic hydroxyl groups excluding tert-OH is 9. The SMILES string of the molecule is O=C1C(=O)C(c2ccc(N(CC(O)CO)CC(O)CO)cc2[O-])C(=O)/C1=C1\C=CC(=[N+](CC(O)CO)CC(O)CO)C=C1O. The van der Waals surface area contributed by atoms with Gasteiger partial charge in [-0.1, -0.05) is 6.07 Å². The van der Waals surface area contributed by atoms with Crippen LogP contribution in [0.5, 0.6) is 5.75 Å². The molecule has 44 heavy (non-hydrogen) atoms. The maximum atomic E-state index is 13.4. The Morgan fingerprint density at radius 3 is 1.82 bits per heavy atom. The van der Waals surface area contributed by atoms with Crippen molar-refractivity contribution in [2.45, 2.75) is 30.3 Å². The monoisotopic (exact) mass is 620 g/mol. The lowest BCUT2D eigenvalue weighted by Gasteiger charge is -2.30. The lowest BCUT2D eigenvalue weighted by atomic mass is 9.92. The third kappa shape index (κ3) is 7.82. The van der Waals surface area contributed by atoms with Crippen molar-refractivity contribution in [3.05, 3.63) is 58.9 Å². The first-order valence-electron chi connectivity index (χ1n) is 13.7. The minimum absolute atomic E-state index is 0.141. The predicted molar refractivity (Wildman–Crippen MR) is 150 cm³/mol. The van der Waals surface area contributed by atoms with Gasteiger partial charge < -0.3 is 56.0 Å². The molecule has 1 aromatic rings. The Balaban J connectivity index is 1.98. The predicted octanol–water partition coefficient (Wildman–Crippen LogP) is -4.45. The number of carbonyl (C=O) groups is 3. The van der Waals surface area contributed by atoms with Gasteiger partial charge in [-0.15, -0.1) is 5.75 Å². The Kier molecular flexibility index (Phi) is 12.0. The highest BCUT2D eigenvalue weighted by atomic mass is 16.3. The van der Waals surface area contributed by atoms with Crippen LogP contribution < -0.4 is 10.0 Å². The van der Waals surface area contributed by atoms with Gasteiger partial charge in [0.05, 0.1) is 50.3 Å². The number of allylic oxidation sites excluding steroid dienone is 4.